The minimum atomic E-state index is 0.707. The second-order valence-corrected chi connectivity index (χ2v) is 3.29. The lowest BCUT2D eigenvalue weighted by atomic mass is 9.89. The van der Waals surface area contributed by atoms with Gasteiger partial charge in [0.05, 0.1) is 0 Å². The number of nitrogens with two attached hydrogens (primary N) is 1. The maximum absolute atomic E-state index is 5.82. The van der Waals surface area contributed by atoms with E-state index in [1.54, 1.807) is 0 Å². The first-order valence-corrected chi connectivity index (χ1v) is 4.27. The van der Waals surface area contributed by atoms with Gasteiger partial charge in [0.25, 0.3) is 0 Å². The number of rotatable bonds is 0. The van der Waals surface area contributed by atoms with Crippen molar-refractivity contribution in [3.63, 3.8) is 0 Å². The van der Waals surface area contributed by atoms with Crippen LogP contribution in [0.15, 0.2) is 23.9 Å². The van der Waals surface area contributed by atoms with Crippen molar-refractivity contribution < 1.29 is 0 Å². The molecule has 0 bridgehead atoms. The third-order valence-electron chi connectivity index (χ3n) is 2.53. The average molecular weight is 150 g/mol. The lowest BCUT2D eigenvalue weighted by Crippen LogP contribution is -2.38. The average Bonchev–Trinajstić information content (AvgIpc) is 2.06. The number of hydrogen-bond donors (Lipinski definition) is 1. The van der Waals surface area contributed by atoms with Crippen molar-refractivity contribution in [2.24, 2.45) is 11.8 Å². The fourth-order valence-electron chi connectivity index (χ4n) is 1.90. The minimum absolute atomic E-state index is 0.707. The van der Waals surface area contributed by atoms with E-state index in [4.69, 9.17) is 5.84 Å². The van der Waals surface area contributed by atoms with Gasteiger partial charge in [-0.1, -0.05) is 12.2 Å². The molecule has 1 atom stereocenters. The number of allylic oxidation sites excluding steroid dienone is 4. The molecule has 0 saturated carbocycles. The molecule has 2 rings (SSSR count). The molecule has 11 heavy (non-hydrogen) atoms. The second-order valence-electron chi connectivity index (χ2n) is 3.29. The summed E-state index contributed by atoms with van der Waals surface area (Å²) in [6.45, 7) is 1.02. The molecular weight excluding hydrogens is 136 g/mol. The number of fused-ring (bicyclic) bond motifs is 1. The van der Waals surface area contributed by atoms with Gasteiger partial charge in [-0.15, -0.1) is 0 Å². The Labute approximate surface area is 67.3 Å². The number of hydrazine groups is 1. The highest BCUT2D eigenvalue weighted by Crippen LogP contribution is 2.30. The van der Waals surface area contributed by atoms with Crippen molar-refractivity contribution >= 4 is 0 Å². The molecule has 0 radical (unpaired) electrons. The van der Waals surface area contributed by atoms with Crippen LogP contribution in [0.25, 0.3) is 0 Å². The van der Waals surface area contributed by atoms with E-state index in [1.807, 2.05) is 5.01 Å². The number of piperidine rings is 1. The van der Waals surface area contributed by atoms with Gasteiger partial charge in [0, 0.05) is 18.2 Å². The second kappa shape index (κ2) is 2.70. The van der Waals surface area contributed by atoms with Crippen LogP contribution in [0.5, 0.6) is 0 Å². The van der Waals surface area contributed by atoms with Crippen LogP contribution in [0, 0.1) is 5.92 Å². The van der Waals surface area contributed by atoms with Crippen molar-refractivity contribution in [3.05, 3.63) is 23.9 Å². The molecule has 1 aliphatic heterocycles. The highest BCUT2D eigenvalue weighted by Gasteiger charge is 2.22. The van der Waals surface area contributed by atoms with E-state index in [2.05, 4.69) is 18.2 Å². The van der Waals surface area contributed by atoms with Gasteiger partial charge in [-0.3, -0.25) is 0 Å². The summed E-state index contributed by atoms with van der Waals surface area (Å²) in [5.74, 6) is 6.53. The van der Waals surface area contributed by atoms with E-state index < -0.39 is 0 Å². The zero-order valence-corrected chi connectivity index (χ0v) is 6.66. The lowest BCUT2D eigenvalue weighted by Gasteiger charge is -2.34. The van der Waals surface area contributed by atoms with Gasteiger partial charge >= 0.3 is 0 Å². The third kappa shape index (κ3) is 1.18. The molecule has 2 N–H and O–H groups in total. The van der Waals surface area contributed by atoms with Crippen molar-refractivity contribution in [2.45, 2.75) is 19.3 Å². The Morgan fingerprint density at radius 3 is 3.27 bits per heavy atom. The summed E-state index contributed by atoms with van der Waals surface area (Å²) in [6.07, 6.45) is 10.2. The number of nitrogens with zero attached hydrogens (tertiary/aromatic N) is 1. The van der Waals surface area contributed by atoms with Crippen LogP contribution in [0.3, 0.4) is 0 Å². The molecule has 2 aliphatic rings. The molecule has 1 saturated heterocycles. The van der Waals surface area contributed by atoms with E-state index >= 15 is 0 Å². The van der Waals surface area contributed by atoms with Crippen LogP contribution in [-0.4, -0.2) is 11.6 Å². The van der Waals surface area contributed by atoms with Crippen LogP contribution in [0.1, 0.15) is 19.3 Å². The van der Waals surface area contributed by atoms with Crippen LogP contribution >= 0.6 is 0 Å². The first-order valence-electron chi connectivity index (χ1n) is 4.27. The van der Waals surface area contributed by atoms with Gasteiger partial charge in [0.1, 0.15) is 0 Å². The van der Waals surface area contributed by atoms with E-state index in [9.17, 15) is 0 Å². The Bertz CT molecular complexity index is 206. The Balaban J connectivity index is 2.20. The Kier molecular flexibility index (Phi) is 1.70. The topological polar surface area (TPSA) is 29.3 Å². The fourth-order valence-corrected chi connectivity index (χ4v) is 1.90. The molecule has 0 amide bonds. The van der Waals surface area contributed by atoms with Gasteiger partial charge in [0.15, 0.2) is 0 Å². The molecule has 0 aromatic carbocycles. The Hall–Kier alpha value is -0.760. The Morgan fingerprint density at radius 1 is 1.55 bits per heavy atom. The molecule has 0 aromatic heterocycles. The molecule has 0 spiro atoms. The van der Waals surface area contributed by atoms with Crippen molar-refractivity contribution in [1.82, 2.24) is 5.01 Å². The van der Waals surface area contributed by atoms with E-state index in [0.717, 1.165) is 6.54 Å². The summed E-state index contributed by atoms with van der Waals surface area (Å²) in [6, 6.07) is 0. The fraction of sp³-hybridized carbons (Fsp3) is 0.556. The van der Waals surface area contributed by atoms with E-state index in [1.165, 1.54) is 25.0 Å². The largest absolute Gasteiger partial charge is 0.315 e. The summed E-state index contributed by atoms with van der Waals surface area (Å²) in [5.41, 5.74) is 1.33. The zero-order valence-electron chi connectivity index (χ0n) is 6.66. The molecule has 2 nitrogen and oxygen atoms in total. The molecule has 0 aromatic rings. The smallest absolute Gasteiger partial charge is 0.0338 e. The summed E-state index contributed by atoms with van der Waals surface area (Å²) in [7, 11) is 0. The van der Waals surface area contributed by atoms with Gasteiger partial charge in [-0.25, -0.2) is 5.84 Å². The molecule has 1 heterocycles. The summed E-state index contributed by atoms with van der Waals surface area (Å²) >= 11 is 0. The third-order valence-corrected chi connectivity index (χ3v) is 2.53. The van der Waals surface area contributed by atoms with Crippen LogP contribution < -0.4 is 5.84 Å². The van der Waals surface area contributed by atoms with E-state index in [-0.39, 0.29) is 0 Å². The summed E-state index contributed by atoms with van der Waals surface area (Å²) in [5, 5.41) is 1.90. The van der Waals surface area contributed by atoms with Gasteiger partial charge in [-0.2, -0.15) is 0 Å². The van der Waals surface area contributed by atoms with Gasteiger partial charge < -0.3 is 5.01 Å². The zero-order chi connectivity index (χ0) is 7.68. The van der Waals surface area contributed by atoms with Crippen LogP contribution in [0.4, 0.5) is 0 Å². The first-order chi connectivity index (χ1) is 5.38. The predicted octanol–water partition coefficient (Wildman–Crippen LogP) is 1.42. The standard InChI is InChI=1S/C9H14N2/c10-11-7-3-5-8-4-1-2-6-9(8)11/h1-2,6,8H,3-5,7,10H2. The minimum Gasteiger partial charge on any atom is -0.315 e. The van der Waals surface area contributed by atoms with Gasteiger partial charge in [0.2, 0.25) is 0 Å². The molecule has 1 unspecified atom stereocenters. The normalized spacial score (nSPS) is 29.7. The number of hydrogen-bond acceptors (Lipinski definition) is 2. The maximum Gasteiger partial charge on any atom is 0.0338 e. The van der Waals surface area contributed by atoms with Crippen LogP contribution in [0.2, 0.25) is 0 Å². The monoisotopic (exact) mass is 150 g/mol. The molecular formula is C9H14N2. The van der Waals surface area contributed by atoms with Crippen molar-refractivity contribution in [1.29, 1.82) is 0 Å². The highest BCUT2D eigenvalue weighted by atomic mass is 15.4. The SMILES string of the molecule is NN1CCCC2CC=CC=C21. The summed E-state index contributed by atoms with van der Waals surface area (Å²) in [4.78, 5) is 0. The quantitative estimate of drug-likeness (QED) is 0.529. The Morgan fingerprint density at radius 2 is 2.45 bits per heavy atom. The molecule has 1 fully saturated rings. The predicted molar refractivity (Wildman–Crippen MR) is 45.5 cm³/mol. The van der Waals surface area contributed by atoms with Crippen molar-refractivity contribution in [2.75, 3.05) is 6.54 Å². The van der Waals surface area contributed by atoms with Crippen molar-refractivity contribution in [3.8, 4) is 0 Å². The van der Waals surface area contributed by atoms with Crippen LogP contribution in [-0.2, 0) is 0 Å². The molecule has 1 aliphatic carbocycles. The molecule has 2 heteroatoms. The highest BCUT2D eigenvalue weighted by molar-refractivity contribution is 5.20. The van der Waals surface area contributed by atoms with Gasteiger partial charge in [-0.05, 0) is 25.3 Å². The molecule has 60 valence electrons. The summed E-state index contributed by atoms with van der Waals surface area (Å²) < 4.78 is 0. The maximum atomic E-state index is 5.82. The lowest BCUT2D eigenvalue weighted by molar-refractivity contribution is 0.246. The first kappa shape index (κ1) is 6.92. The van der Waals surface area contributed by atoms with E-state index in [0.29, 0.717) is 5.92 Å².